The van der Waals surface area contributed by atoms with Crippen LogP contribution in [0.1, 0.15) is 5.56 Å². The largest absolute Gasteiger partial charge is 0.352 e. The molecule has 4 rings (SSSR count). The number of anilines is 1. The minimum Gasteiger partial charge on any atom is -0.352 e. The number of fused-ring (bicyclic) bond motifs is 1. The van der Waals surface area contributed by atoms with Crippen molar-refractivity contribution in [3.63, 3.8) is 0 Å². The Kier molecular flexibility index (Phi) is 3.63. The molecule has 24 heavy (non-hydrogen) atoms. The van der Waals surface area contributed by atoms with E-state index in [0.29, 0.717) is 0 Å². The highest BCUT2D eigenvalue weighted by Crippen LogP contribution is 2.23. The maximum Gasteiger partial charge on any atom is 0.203 e. The highest BCUT2D eigenvalue weighted by Gasteiger charge is 2.10. The lowest BCUT2D eigenvalue weighted by molar-refractivity contribution is 0.927. The second-order valence-electron chi connectivity index (χ2n) is 5.52. The highest BCUT2D eigenvalue weighted by atomic mass is 15.2. The van der Waals surface area contributed by atoms with Crippen LogP contribution in [-0.4, -0.2) is 24.5 Å². The monoisotopic (exact) mass is 316 g/mol. The molecule has 118 valence electrons. The van der Waals surface area contributed by atoms with Crippen molar-refractivity contribution in [3.05, 3.63) is 66.9 Å². The van der Waals surface area contributed by atoms with Crippen molar-refractivity contribution in [1.29, 1.82) is 0 Å². The number of rotatable bonds is 4. The number of hydrogen-bond donors (Lipinski definition) is 1. The summed E-state index contributed by atoms with van der Waals surface area (Å²) in [6.07, 6.45) is 6.81. The number of pyridine rings is 1. The van der Waals surface area contributed by atoms with Gasteiger partial charge in [0.05, 0.1) is 17.4 Å². The van der Waals surface area contributed by atoms with Crippen LogP contribution in [0, 0.1) is 0 Å². The van der Waals surface area contributed by atoms with Crippen molar-refractivity contribution in [3.8, 4) is 11.3 Å². The maximum absolute atomic E-state index is 4.62. The molecule has 6 heteroatoms. The molecule has 0 aliphatic rings. The predicted octanol–water partition coefficient (Wildman–Crippen LogP) is 3.04. The molecule has 3 heterocycles. The Morgan fingerprint density at radius 1 is 1.04 bits per heavy atom. The molecule has 0 bridgehead atoms. The molecular weight excluding hydrogens is 300 g/mol. The zero-order valence-corrected chi connectivity index (χ0v) is 13.2. The summed E-state index contributed by atoms with van der Waals surface area (Å²) in [5.41, 5.74) is 4.80. The summed E-state index contributed by atoms with van der Waals surface area (Å²) in [5, 5.41) is 3.38. The summed E-state index contributed by atoms with van der Waals surface area (Å²) in [4.78, 5) is 17.2. The first kappa shape index (κ1) is 14.3. The fourth-order valence-electron chi connectivity index (χ4n) is 2.62. The van der Waals surface area contributed by atoms with Crippen LogP contribution in [0.4, 0.5) is 5.95 Å². The van der Waals surface area contributed by atoms with Gasteiger partial charge in [-0.25, -0.2) is 15.0 Å². The first-order chi connectivity index (χ1) is 11.8. The van der Waals surface area contributed by atoms with Gasteiger partial charge in [-0.3, -0.25) is 4.98 Å². The number of nitrogens with one attached hydrogen (secondary N) is 1. The molecule has 1 N–H and O–H groups in total. The van der Waals surface area contributed by atoms with Crippen molar-refractivity contribution in [2.45, 2.75) is 6.54 Å². The smallest absolute Gasteiger partial charge is 0.203 e. The molecule has 0 aliphatic carbocycles. The number of benzene rings is 1. The first-order valence-electron chi connectivity index (χ1n) is 7.67. The van der Waals surface area contributed by atoms with Crippen molar-refractivity contribution in [2.75, 3.05) is 5.32 Å². The van der Waals surface area contributed by atoms with Crippen LogP contribution >= 0.6 is 0 Å². The second kappa shape index (κ2) is 6.08. The van der Waals surface area contributed by atoms with Crippen LogP contribution in [0.2, 0.25) is 0 Å². The molecule has 0 spiro atoms. The predicted molar refractivity (Wildman–Crippen MR) is 93.3 cm³/mol. The summed E-state index contributed by atoms with van der Waals surface area (Å²) in [6.45, 7) is 0.727. The number of imidazole rings is 1. The van der Waals surface area contributed by atoms with E-state index in [2.05, 4.69) is 37.4 Å². The fourth-order valence-corrected chi connectivity index (χ4v) is 2.62. The molecule has 0 fully saturated rings. The van der Waals surface area contributed by atoms with Gasteiger partial charge in [0.1, 0.15) is 11.8 Å². The van der Waals surface area contributed by atoms with E-state index in [9.17, 15) is 0 Å². The van der Waals surface area contributed by atoms with E-state index in [4.69, 9.17) is 0 Å². The minimum atomic E-state index is 0.727. The topological polar surface area (TPSA) is 68.5 Å². The molecule has 0 saturated heterocycles. The maximum atomic E-state index is 4.62. The van der Waals surface area contributed by atoms with Crippen LogP contribution in [0.5, 0.6) is 0 Å². The van der Waals surface area contributed by atoms with E-state index < -0.39 is 0 Å². The Morgan fingerprint density at radius 3 is 2.62 bits per heavy atom. The molecule has 0 radical (unpaired) electrons. The summed E-state index contributed by atoms with van der Waals surface area (Å²) in [7, 11) is 1.99. The lowest BCUT2D eigenvalue weighted by Gasteiger charge is -2.06. The molecule has 0 amide bonds. The standard InChI is InChI=1S/C18H16N6/c1-24-17-7-15(14-9-19-12-20-10-14)21-11-16(17)23-18(24)22-8-13-5-3-2-4-6-13/h2-7,9-12H,8H2,1H3,(H,22,23). The Balaban J connectivity index is 1.65. The summed E-state index contributed by atoms with van der Waals surface area (Å²) >= 11 is 0. The van der Waals surface area contributed by atoms with Crippen molar-refractivity contribution in [2.24, 2.45) is 7.05 Å². The minimum absolute atomic E-state index is 0.727. The third kappa shape index (κ3) is 2.69. The van der Waals surface area contributed by atoms with Gasteiger partial charge < -0.3 is 9.88 Å². The van der Waals surface area contributed by atoms with E-state index in [1.165, 1.54) is 11.9 Å². The quantitative estimate of drug-likeness (QED) is 0.627. The van der Waals surface area contributed by atoms with Crippen molar-refractivity contribution >= 4 is 17.0 Å². The molecular formula is C18H16N6. The molecule has 0 aliphatic heterocycles. The Hall–Kier alpha value is -3.28. The number of aromatic nitrogens is 5. The fraction of sp³-hybridized carbons (Fsp3) is 0.111. The van der Waals surface area contributed by atoms with E-state index >= 15 is 0 Å². The zero-order chi connectivity index (χ0) is 16.4. The lowest BCUT2D eigenvalue weighted by atomic mass is 10.2. The van der Waals surface area contributed by atoms with Gasteiger partial charge in [-0.05, 0) is 11.6 Å². The van der Waals surface area contributed by atoms with Gasteiger partial charge >= 0.3 is 0 Å². The molecule has 6 nitrogen and oxygen atoms in total. The third-order valence-electron chi connectivity index (χ3n) is 3.92. The molecule has 3 aromatic heterocycles. The molecule has 1 aromatic carbocycles. The number of hydrogen-bond acceptors (Lipinski definition) is 5. The highest BCUT2D eigenvalue weighted by molar-refractivity contribution is 5.81. The van der Waals surface area contributed by atoms with Gasteiger partial charge in [0, 0.05) is 31.5 Å². The van der Waals surface area contributed by atoms with Crippen LogP contribution in [0.25, 0.3) is 22.3 Å². The van der Waals surface area contributed by atoms with Crippen LogP contribution in [0.3, 0.4) is 0 Å². The second-order valence-corrected chi connectivity index (χ2v) is 5.52. The Bertz CT molecular complexity index is 963. The third-order valence-corrected chi connectivity index (χ3v) is 3.92. The summed E-state index contributed by atoms with van der Waals surface area (Å²) in [6, 6.07) is 12.3. The van der Waals surface area contributed by atoms with Gasteiger partial charge in [-0.1, -0.05) is 30.3 Å². The Morgan fingerprint density at radius 2 is 1.83 bits per heavy atom. The van der Waals surface area contributed by atoms with Crippen molar-refractivity contribution < 1.29 is 0 Å². The van der Waals surface area contributed by atoms with Gasteiger partial charge in [-0.15, -0.1) is 0 Å². The van der Waals surface area contributed by atoms with Gasteiger partial charge in [0.15, 0.2) is 0 Å². The van der Waals surface area contributed by atoms with Gasteiger partial charge in [-0.2, -0.15) is 0 Å². The van der Waals surface area contributed by atoms with Crippen LogP contribution < -0.4 is 5.32 Å². The Labute approximate surface area is 139 Å². The van der Waals surface area contributed by atoms with Gasteiger partial charge in [0.25, 0.3) is 0 Å². The van der Waals surface area contributed by atoms with E-state index in [-0.39, 0.29) is 0 Å². The summed E-state index contributed by atoms with van der Waals surface area (Å²) in [5.74, 6) is 0.817. The number of nitrogens with zero attached hydrogens (tertiary/aromatic N) is 5. The molecule has 0 atom stereocenters. The van der Waals surface area contributed by atoms with E-state index in [1.54, 1.807) is 18.6 Å². The molecule has 0 saturated carbocycles. The molecule has 0 unspecified atom stereocenters. The van der Waals surface area contributed by atoms with Crippen LogP contribution in [-0.2, 0) is 13.6 Å². The van der Waals surface area contributed by atoms with Gasteiger partial charge in [0.2, 0.25) is 5.95 Å². The van der Waals surface area contributed by atoms with Crippen LogP contribution in [0.15, 0.2) is 61.3 Å². The average Bonchev–Trinajstić information content (AvgIpc) is 2.97. The summed E-state index contributed by atoms with van der Waals surface area (Å²) < 4.78 is 2.03. The first-order valence-corrected chi connectivity index (χ1v) is 7.67. The zero-order valence-electron chi connectivity index (χ0n) is 13.2. The van der Waals surface area contributed by atoms with E-state index in [1.807, 2.05) is 35.9 Å². The average molecular weight is 316 g/mol. The number of aryl methyl sites for hydroxylation is 1. The van der Waals surface area contributed by atoms with E-state index in [0.717, 1.165) is 34.8 Å². The molecule has 4 aromatic rings. The van der Waals surface area contributed by atoms with Crippen molar-refractivity contribution in [1.82, 2.24) is 24.5 Å². The lowest BCUT2D eigenvalue weighted by Crippen LogP contribution is -2.04. The SMILES string of the molecule is Cn1c(NCc2ccccc2)nc2cnc(-c3cncnc3)cc21. The normalized spacial score (nSPS) is 10.9.